The van der Waals surface area contributed by atoms with Crippen LogP contribution in [0.25, 0.3) is 0 Å². The average molecular weight is 205 g/mol. The fourth-order valence-corrected chi connectivity index (χ4v) is 1.09. The quantitative estimate of drug-likeness (QED) is 0.545. The third-order valence-corrected chi connectivity index (χ3v) is 1.78. The fourth-order valence-electron chi connectivity index (χ4n) is 1.09. The van der Waals surface area contributed by atoms with Gasteiger partial charge < -0.3 is 15.6 Å². The van der Waals surface area contributed by atoms with Crippen molar-refractivity contribution in [2.45, 2.75) is 0 Å². The largest absolute Gasteiger partial charge is 0.503 e. The maximum absolute atomic E-state index is 10.6. The lowest BCUT2D eigenvalue weighted by molar-refractivity contribution is 0.112. The van der Waals surface area contributed by atoms with E-state index in [9.17, 15) is 9.90 Å². The number of aldehydes is 1. The van der Waals surface area contributed by atoms with Gasteiger partial charge in [0, 0.05) is 5.56 Å². The number of nitrogens with two attached hydrogens (primary N) is 1. The minimum absolute atomic E-state index is 0.0796. The summed E-state index contributed by atoms with van der Waals surface area (Å²) in [5.41, 5.74) is 5.94. The van der Waals surface area contributed by atoms with Gasteiger partial charge in [-0.2, -0.15) is 0 Å². The summed E-state index contributed by atoms with van der Waals surface area (Å²) in [5, 5.41) is 9.65. The maximum Gasteiger partial charge on any atom is 0.173 e. The predicted octanol–water partition coefficient (Wildman–Crippen LogP) is 0.523. The zero-order chi connectivity index (χ0) is 11.3. The van der Waals surface area contributed by atoms with Crippen LogP contribution in [-0.4, -0.2) is 25.0 Å². The van der Waals surface area contributed by atoms with E-state index in [-0.39, 0.29) is 18.0 Å². The third kappa shape index (κ3) is 2.48. The molecule has 0 aliphatic rings. The number of carbonyl (C=O) groups excluding carboxylic acids is 1. The lowest BCUT2D eigenvalue weighted by atomic mass is 10.1. The highest BCUT2D eigenvalue weighted by atomic mass is 16.5. The van der Waals surface area contributed by atoms with Crippen LogP contribution in [0.2, 0.25) is 0 Å². The number of rotatable bonds is 2. The standard InChI is InChI=1S/C11H11NO3/c1-15-10-6-8(7-13)5-9(11(10)14)3-2-4-12/h5-7,14H,4,12H2,1H3. The number of hydrogen-bond acceptors (Lipinski definition) is 4. The summed E-state index contributed by atoms with van der Waals surface area (Å²) < 4.78 is 4.90. The first-order valence-corrected chi connectivity index (χ1v) is 4.28. The van der Waals surface area contributed by atoms with Gasteiger partial charge in [0.1, 0.15) is 6.29 Å². The molecule has 0 saturated heterocycles. The molecule has 0 spiro atoms. The maximum atomic E-state index is 10.6. The third-order valence-electron chi connectivity index (χ3n) is 1.78. The summed E-state index contributed by atoms with van der Waals surface area (Å²) in [5.74, 6) is 5.40. The van der Waals surface area contributed by atoms with Gasteiger partial charge >= 0.3 is 0 Å². The number of phenols is 1. The number of phenolic OH excluding ortho intramolecular Hbond substituents is 1. The van der Waals surface area contributed by atoms with E-state index in [4.69, 9.17) is 10.5 Å². The molecule has 78 valence electrons. The molecule has 0 amide bonds. The Labute approximate surface area is 87.7 Å². The van der Waals surface area contributed by atoms with Crippen molar-refractivity contribution >= 4 is 6.29 Å². The van der Waals surface area contributed by atoms with E-state index in [0.717, 1.165) is 0 Å². The molecule has 0 aliphatic carbocycles. The first-order valence-electron chi connectivity index (χ1n) is 4.28. The lowest BCUT2D eigenvalue weighted by Crippen LogP contribution is -1.94. The molecule has 15 heavy (non-hydrogen) atoms. The van der Waals surface area contributed by atoms with E-state index < -0.39 is 0 Å². The first-order chi connectivity index (χ1) is 7.22. The first kappa shape index (κ1) is 11.1. The van der Waals surface area contributed by atoms with Gasteiger partial charge in [0.15, 0.2) is 11.5 Å². The van der Waals surface area contributed by atoms with Crippen LogP contribution in [-0.2, 0) is 0 Å². The molecule has 0 bridgehead atoms. The van der Waals surface area contributed by atoms with Crippen molar-refractivity contribution in [3.63, 3.8) is 0 Å². The Kier molecular flexibility index (Phi) is 3.72. The van der Waals surface area contributed by atoms with Crippen LogP contribution in [0.3, 0.4) is 0 Å². The molecule has 0 atom stereocenters. The van der Waals surface area contributed by atoms with Gasteiger partial charge in [-0.15, -0.1) is 0 Å². The molecular weight excluding hydrogens is 194 g/mol. The molecule has 1 rings (SSSR count). The molecule has 0 aromatic heterocycles. The van der Waals surface area contributed by atoms with E-state index in [1.807, 2.05) is 0 Å². The number of carbonyl (C=O) groups is 1. The summed E-state index contributed by atoms with van der Waals surface area (Å²) >= 11 is 0. The Morgan fingerprint density at radius 2 is 2.33 bits per heavy atom. The topological polar surface area (TPSA) is 72.5 Å². The average Bonchev–Trinajstić information content (AvgIpc) is 2.27. The number of hydrogen-bond donors (Lipinski definition) is 2. The molecule has 4 nitrogen and oxygen atoms in total. The summed E-state index contributed by atoms with van der Waals surface area (Å²) in [6.45, 7) is 0.188. The van der Waals surface area contributed by atoms with Crippen LogP contribution in [0.4, 0.5) is 0 Å². The highest BCUT2D eigenvalue weighted by Gasteiger charge is 2.08. The molecule has 0 heterocycles. The minimum atomic E-state index is -0.0796. The smallest absolute Gasteiger partial charge is 0.173 e. The number of methoxy groups -OCH3 is 1. The van der Waals surface area contributed by atoms with Gasteiger partial charge in [0.2, 0.25) is 0 Å². The Hall–Kier alpha value is -1.99. The lowest BCUT2D eigenvalue weighted by Gasteiger charge is -2.05. The second-order valence-corrected chi connectivity index (χ2v) is 2.74. The van der Waals surface area contributed by atoms with Crippen molar-refractivity contribution in [1.82, 2.24) is 0 Å². The van der Waals surface area contributed by atoms with Crippen molar-refractivity contribution < 1.29 is 14.6 Å². The van der Waals surface area contributed by atoms with Crippen molar-refractivity contribution in [2.24, 2.45) is 5.73 Å². The molecule has 3 N–H and O–H groups in total. The normalized spacial score (nSPS) is 8.93. The molecule has 0 saturated carbocycles. The van der Waals surface area contributed by atoms with Crippen LogP contribution >= 0.6 is 0 Å². The zero-order valence-corrected chi connectivity index (χ0v) is 8.28. The fraction of sp³-hybridized carbons (Fsp3) is 0.182. The predicted molar refractivity (Wildman–Crippen MR) is 56.0 cm³/mol. The molecule has 1 aromatic rings. The molecule has 0 radical (unpaired) electrons. The van der Waals surface area contributed by atoms with Crippen LogP contribution in [0, 0.1) is 11.8 Å². The van der Waals surface area contributed by atoms with Crippen molar-refractivity contribution in [3.8, 4) is 23.3 Å². The second-order valence-electron chi connectivity index (χ2n) is 2.74. The van der Waals surface area contributed by atoms with Crippen molar-refractivity contribution in [3.05, 3.63) is 23.3 Å². The highest BCUT2D eigenvalue weighted by Crippen LogP contribution is 2.30. The minimum Gasteiger partial charge on any atom is -0.503 e. The van der Waals surface area contributed by atoms with E-state index in [0.29, 0.717) is 17.4 Å². The van der Waals surface area contributed by atoms with E-state index >= 15 is 0 Å². The Balaban J connectivity index is 3.29. The highest BCUT2D eigenvalue weighted by molar-refractivity contribution is 5.78. The van der Waals surface area contributed by atoms with E-state index in [1.165, 1.54) is 19.2 Å². The summed E-state index contributed by atoms with van der Waals surface area (Å²) in [6, 6.07) is 2.92. The van der Waals surface area contributed by atoms with Crippen molar-refractivity contribution in [2.75, 3.05) is 13.7 Å². The summed E-state index contributed by atoms with van der Waals surface area (Å²) in [4.78, 5) is 10.6. The van der Waals surface area contributed by atoms with Gasteiger partial charge in [0.25, 0.3) is 0 Å². The van der Waals surface area contributed by atoms with Gasteiger partial charge in [-0.1, -0.05) is 11.8 Å². The van der Waals surface area contributed by atoms with E-state index in [1.54, 1.807) is 0 Å². The molecule has 1 aromatic carbocycles. The van der Waals surface area contributed by atoms with Crippen LogP contribution in [0.1, 0.15) is 15.9 Å². The molecule has 0 fully saturated rings. The molecule has 4 heteroatoms. The van der Waals surface area contributed by atoms with Gasteiger partial charge in [0.05, 0.1) is 19.2 Å². The number of benzene rings is 1. The van der Waals surface area contributed by atoms with Gasteiger partial charge in [-0.25, -0.2) is 0 Å². The van der Waals surface area contributed by atoms with Gasteiger partial charge in [-0.3, -0.25) is 4.79 Å². The number of ether oxygens (including phenoxy) is 1. The van der Waals surface area contributed by atoms with Crippen molar-refractivity contribution in [1.29, 1.82) is 0 Å². The van der Waals surface area contributed by atoms with Gasteiger partial charge in [-0.05, 0) is 12.1 Å². The molecular formula is C11H11NO3. The second kappa shape index (κ2) is 5.03. The van der Waals surface area contributed by atoms with E-state index in [2.05, 4.69) is 11.8 Å². The molecule has 0 unspecified atom stereocenters. The molecule has 0 aliphatic heterocycles. The summed E-state index contributed by atoms with van der Waals surface area (Å²) in [7, 11) is 1.41. The summed E-state index contributed by atoms with van der Waals surface area (Å²) in [6.07, 6.45) is 0.662. The Morgan fingerprint density at radius 1 is 1.60 bits per heavy atom. The zero-order valence-electron chi connectivity index (χ0n) is 8.28. The van der Waals surface area contributed by atoms with Crippen LogP contribution < -0.4 is 10.5 Å². The number of aromatic hydroxyl groups is 1. The van der Waals surface area contributed by atoms with Crippen LogP contribution in [0.5, 0.6) is 11.5 Å². The SMILES string of the molecule is COc1cc(C=O)cc(C#CCN)c1O. The van der Waals surface area contributed by atoms with Crippen LogP contribution in [0.15, 0.2) is 12.1 Å². The Bertz CT molecular complexity index is 429. The monoisotopic (exact) mass is 205 g/mol. The Morgan fingerprint density at radius 3 is 2.87 bits per heavy atom.